The van der Waals surface area contributed by atoms with Crippen LogP contribution in [0.15, 0.2) is 83.2 Å². The fourth-order valence-electron chi connectivity index (χ4n) is 6.87. The molecule has 6 rings (SSSR count). The molecule has 0 spiro atoms. The SMILES string of the molecule is C=C(C1=C(/C(C)=C2/C(=O)C(c3[nH]c(-c4ccccc4OC)c4c3CCCC4)=C2O)CCCC1)c1ccccc1OC. The zero-order chi connectivity index (χ0) is 28.7. The normalized spacial score (nSPS) is 18.2. The van der Waals surface area contributed by atoms with E-state index in [1.165, 1.54) is 5.56 Å². The number of aromatic amines is 1. The number of ether oxygens (including phenoxy) is 2. The minimum Gasteiger partial charge on any atom is -0.506 e. The lowest BCUT2D eigenvalue weighted by atomic mass is 9.75. The largest absolute Gasteiger partial charge is 0.506 e. The number of allylic oxidation sites excluding steroid dienone is 6. The van der Waals surface area contributed by atoms with Gasteiger partial charge in [0.25, 0.3) is 0 Å². The molecular formula is C36H37NO4. The molecule has 41 heavy (non-hydrogen) atoms. The van der Waals surface area contributed by atoms with Crippen molar-refractivity contribution in [3.63, 3.8) is 0 Å². The molecule has 0 saturated heterocycles. The van der Waals surface area contributed by atoms with Crippen LogP contribution in [0.2, 0.25) is 0 Å². The van der Waals surface area contributed by atoms with Crippen LogP contribution in [-0.4, -0.2) is 30.1 Å². The van der Waals surface area contributed by atoms with Crippen LogP contribution < -0.4 is 9.47 Å². The molecule has 1 heterocycles. The molecule has 5 nitrogen and oxygen atoms in total. The molecular weight excluding hydrogens is 510 g/mol. The average Bonchev–Trinajstić information content (AvgIpc) is 3.39. The summed E-state index contributed by atoms with van der Waals surface area (Å²) >= 11 is 0. The van der Waals surface area contributed by atoms with Gasteiger partial charge in [0.2, 0.25) is 5.78 Å². The Kier molecular flexibility index (Phi) is 7.21. The minimum absolute atomic E-state index is 0.0917. The van der Waals surface area contributed by atoms with E-state index in [-0.39, 0.29) is 11.5 Å². The second-order valence-electron chi connectivity index (χ2n) is 11.1. The van der Waals surface area contributed by atoms with Crippen molar-refractivity contribution in [2.24, 2.45) is 0 Å². The van der Waals surface area contributed by atoms with Crippen LogP contribution in [0.4, 0.5) is 0 Å². The van der Waals surface area contributed by atoms with E-state index in [9.17, 15) is 9.90 Å². The van der Waals surface area contributed by atoms with Crippen molar-refractivity contribution >= 4 is 16.9 Å². The molecule has 3 aliphatic carbocycles. The summed E-state index contributed by atoms with van der Waals surface area (Å²) < 4.78 is 11.3. The summed E-state index contributed by atoms with van der Waals surface area (Å²) in [5.41, 5.74) is 10.9. The molecule has 1 aromatic heterocycles. The van der Waals surface area contributed by atoms with Gasteiger partial charge in [-0.15, -0.1) is 0 Å². The van der Waals surface area contributed by atoms with Crippen LogP contribution in [0.5, 0.6) is 11.5 Å². The number of fused-ring (bicyclic) bond motifs is 1. The van der Waals surface area contributed by atoms with E-state index in [4.69, 9.17) is 9.47 Å². The third-order valence-corrected chi connectivity index (χ3v) is 8.97. The molecule has 2 N–H and O–H groups in total. The molecule has 0 bridgehead atoms. The van der Waals surface area contributed by atoms with E-state index in [0.717, 1.165) is 113 Å². The van der Waals surface area contributed by atoms with Crippen molar-refractivity contribution in [1.29, 1.82) is 0 Å². The zero-order valence-corrected chi connectivity index (χ0v) is 24.2. The molecule has 210 valence electrons. The second kappa shape index (κ2) is 11.0. The predicted octanol–water partition coefficient (Wildman–Crippen LogP) is 8.33. The topological polar surface area (TPSA) is 71.6 Å². The minimum atomic E-state index is -0.0958. The first-order valence-corrected chi connectivity index (χ1v) is 14.6. The Morgan fingerprint density at radius 2 is 1.39 bits per heavy atom. The summed E-state index contributed by atoms with van der Waals surface area (Å²) in [6, 6.07) is 15.9. The average molecular weight is 548 g/mol. The van der Waals surface area contributed by atoms with Gasteiger partial charge in [-0.1, -0.05) is 36.9 Å². The highest BCUT2D eigenvalue weighted by Crippen LogP contribution is 2.47. The summed E-state index contributed by atoms with van der Waals surface area (Å²) in [5.74, 6) is 1.57. The van der Waals surface area contributed by atoms with Crippen LogP contribution >= 0.6 is 0 Å². The Morgan fingerprint density at radius 3 is 2.07 bits per heavy atom. The maximum atomic E-state index is 13.9. The second-order valence-corrected chi connectivity index (χ2v) is 11.1. The van der Waals surface area contributed by atoms with Crippen molar-refractivity contribution in [2.75, 3.05) is 14.2 Å². The number of aromatic nitrogens is 1. The Bertz CT molecular complexity index is 1660. The fourth-order valence-corrected chi connectivity index (χ4v) is 6.87. The molecule has 0 saturated carbocycles. The van der Waals surface area contributed by atoms with Crippen LogP contribution in [-0.2, 0) is 17.6 Å². The van der Waals surface area contributed by atoms with Gasteiger partial charge in [0, 0.05) is 11.1 Å². The highest BCUT2D eigenvalue weighted by atomic mass is 16.5. The Balaban J connectivity index is 1.45. The number of carbonyl (C=O) groups is 1. The van der Waals surface area contributed by atoms with Gasteiger partial charge in [0.15, 0.2) is 0 Å². The van der Waals surface area contributed by atoms with Gasteiger partial charge in [-0.3, -0.25) is 4.79 Å². The van der Waals surface area contributed by atoms with Crippen LogP contribution in [0, 0.1) is 0 Å². The molecule has 0 aliphatic heterocycles. The zero-order valence-electron chi connectivity index (χ0n) is 24.2. The first kappa shape index (κ1) is 26.9. The summed E-state index contributed by atoms with van der Waals surface area (Å²) in [6.45, 7) is 6.43. The van der Waals surface area contributed by atoms with E-state index in [1.807, 2.05) is 55.5 Å². The smallest absolute Gasteiger partial charge is 0.202 e. The quantitative estimate of drug-likeness (QED) is 0.292. The molecule has 0 amide bonds. The van der Waals surface area contributed by atoms with Crippen LogP contribution in [0.1, 0.15) is 67.8 Å². The highest BCUT2D eigenvalue weighted by Gasteiger charge is 2.40. The van der Waals surface area contributed by atoms with Crippen molar-refractivity contribution in [1.82, 2.24) is 4.98 Å². The molecule has 0 unspecified atom stereocenters. The van der Waals surface area contributed by atoms with Crippen molar-refractivity contribution in [3.05, 3.63) is 106 Å². The van der Waals surface area contributed by atoms with Gasteiger partial charge >= 0.3 is 0 Å². The van der Waals surface area contributed by atoms with Crippen molar-refractivity contribution in [2.45, 2.75) is 58.3 Å². The maximum absolute atomic E-state index is 13.9. The molecule has 2 aromatic carbocycles. The number of para-hydroxylation sites is 2. The number of benzene rings is 2. The van der Waals surface area contributed by atoms with Gasteiger partial charge in [-0.05, 0) is 110 Å². The number of nitrogens with one attached hydrogen (secondary N) is 1. The standard InChI is InChI=1S/C36H37NO4/c1-21(25-15-9-11-19-29(25)40-3)23-13-5-6-14-24(23)22(2)31-35(38)32(36(31)39)34-27-17-8-7-16-26(27)33(37-34)28-18-10-12-20-30(28)41-4/h9-12,15,18-20,37-38H,1,5-8,13-14,16-17H2,2-4H3/b31-22+. The van der Waals surface area contributed by atoms with Gasteiger partial charge in [-0.25, -0.2) is 0 Å². The number of aliphatic hydroxyl groups is 1. The number of carbonyl (C=O) groups excluding carboxylic acids is 1. The predicted molar refractivity (Wildman–Crippen MR) is 164 cm³/mol. The van der Waals surface area contributed by atoms with Gasteiger partial charge < -0.3 is 19.6 Å². The number of hydrogen-bond acceptors (Lipinski definition) is 4. The third kappa shape index (κ3) is 4.44. The molecule has 0 atom stereocenters. The molecule has 0 radical (unpaired) electrons. The maximum Gasteiger partial charge on any atom is 0.202 e. The Labute approximate surface area is 241 Å². The lowest BCUT2D eigenvalue weighted by Gasteiger charge is -2.29. The van der Waals surface area contributed by atoms with Crippen LogP contribution in [0.3, 0.4) is 0 Å². The Morgan fingerprint density at radius 1 is 0.805 bits per heavy atom. The van der Waals surface area contributed by atoms with E-state index >= 15 is 0 Å². The Hall–Kier alpha value is -4.25. The fraction of sp³-hybridized carbons (Fsp3) is 0.306. The summed E-state index contributed by atoms with van der Waals surface area (Å²) in [7, 11) is 3.35. The summed E-state index contributed by atoms with van der Waals surface area (Å²) in [6.07, 6.45) is 7.82. The molecule has 3 aliphatic rings. The first-order chi connectivity index (χ1) is 20.0. The first-order valence-electron chi connectivity index (χ1n) is 14.6. The third-order valence-electron chi connectivity index (χ3n) is 8.97. The number of aliphatic hydroxyl groups excluding tert-OH is 1. The van der Waals surface area contributed by atoms with Gasteiger partial charge in [0.05, 0.1) is 36.8 Å². The van der Waals surface area contributed by atoms with Gasteiger partial charge in [-0.2, -0.15) is 0 Å². The van der Waals surface area contributed by atoms with E-state index < -0.39 is 0 Å². The van der Waals surface area contributed by atoms with E-state index in [0.29, 0.717) is 11.1 Å². The number of methoxy groups -OCH3 is 2. The number of hydrogen-bond donors (Lipinski definition) is 2. The van der Waals surface area contributed by atoms with Crippen LogP contribution in [0.25, 0.3) is 22.4 Å². The monoisotopic (exact) mass is 547 g/mol. The molecule has 3 aromatic rings. The number of Topliss-reactive ketones (excluding diaryl/α,β-unsaturated/α-hetero) is 1. The number of ketones is 1. The van der Waals surface area contributed by atoms with E-state index in [1.54, 1.807) is 14.2 Å². The number of H-pyrrole nitrogens is 1. The summed E-state index contributed by atoms with van der Waals surface area (Å²) in [5, 5.41) is 11.5. The van der Waals surface area contributed by atoms with E-state index in [2.05, 4.69) is 11.6 Å². The van der Waals surface area contributed by atoms with Gasteiger partial charge in [0.1, 0.15) is 17.3 Å². The molecule has 5 heteroatoms. The highest BCUT2D eigenvalue weighted by molar-refractivity contribution is 6.39. The number of rotatable bonds is 7. The van der Waals surface area contributed by atoms with Crippen molar-refractivity contribution < 1.29 is 19.4 Å². The lowest BCUT2D eigenvalue weighted by molar-refractivity contribution is -0.111. The van der Waals surface area contributed by atoms with Crippen molar-refractivity contribution in [3.8, 4) is 22.8 Å². The lowest BCUT2D eigenvalue weighted by Crippen LogP contribution is -2.24. The summed E-state index contributed by atoms with van der Waals surface area (Å²) in [4.78, 5) is 17.4. The molecule has 0 fully saturated rings.